The molecule has 32 heavy (non-hydrogen) atoms. The predicted molar refractivity (Wildman–Crippen MR) is 123 cm³/mol. The molecular formula is C26H37N3O3. The molecule has 5 rings (SSSR count). The Labute approximate surface area is 191 Å². The molecular weight excluding hydrogens is 402 g/mol. The third-order valence-electron chi connectivity index (χ3n) is 8.56. The molecule has 4 aliphatic rings. The molecule has 6 nitrogen and oxygen atoms in total. The summed E-state index contributed by atoms with van der Waals surface area (Å²) in [7, 11) is 0. The zero-order valence-corrected chi connectivity index (χ0v) is 19.6. The first kappa shape index (κ1) is 21.7. The van der Waals surface area contributed by atoms with Crippen LogP contribution in [0.3, 0.4) is 0 Å². The van der Waals surface area contributed by atoms with Crippen LogP contribution in [0.2, 0.25) is 0 Å². The van der Waals surface area contributed by atoms with Crippen LogP contribution in [0.15, 0.2) is 24.3 Å². The molecule has 4 heterocycles. The molecule has 0 radical (unpaired) electrons. The maximum atomic E-state index is 12.6. The van der Waals surface area contributed by atoms with E-state index in [0.29, 0.717) is 31.2 Å². The summed E-state index contributed by atoms with van der Waals surface area (Å²) >= 11 is 0. The maximum Gasteiger partial charge on any atom is 0.410 e. The van der Waals surface area contributed by atoms with Crippen LogP contribution in [-0.4, -0.2) is 71.1 Å². The number of ether oxygens (including phenoxy) is 1. The lowest BCUT2D eigenvalue weighted by Gasteiger charge is -2.51. The topological polar surface area (TPSA) is 53.1 Å². The summed E-state index contributed by atoms with van der Waals surface area (Å²) in [4.78, 5) is 31.8. The van der Waals surface area contributed by atoms with Gasteiger partial charge in [0.15, 0.2) is 0 Å². The highest BCUT2D eigenvalue weighted by atomic mass is 16.6. The van der Waals surface area contributed by atoms with Crippen molar-refractivity contribution in [2.75, 3.05) is 26.2 Å². The van der Waals surface area contributed by atoms with Gasteiger partial charge in [-0.05, 0) is 69.7 Å². The number of amides is 2. The van der Waals surface area contributed by atoms with E-state index >= 15 is 0 Å². The fourth-order valence-electron chi connectivity index (χ4n) is 6.97. The number of nitrogens with zero attached hydrogens (tertiary/aromatic N) is 3. The molecule has 2 bridgehead atoms. The van der Waals surface area contributed by atoms with Crippen molar-refractivity contribution in [2.45, 2.75) is 88.9 Å². The van der Waals surface area contributed by atoms with Crippen molar-refractivity contribution in [1.29, 1.82) is 0 Å². The second-order valence-electron chi connectivity index (χ2n) is 10.2. The van der Waals surface area contributed by atoms with E-state index in [1.54, 1.807) is 0 Å². The zero-order valence-electron chi connectivity index (χ0n) is 19.6. The quantitative estimate of drug-likeness (QED) is 0.716. The molecule has 0 saturated carbocycles. The van der Waals surface area contributed by atoms with Gasteiger partial charge in [-0.3, -0.25) is 4.79 Å². The van der Waals surface area contributed by atoms with Gasteiger partial charge in [0.2, 0.25) is 5.91 Å². The van der Waals surface area contributed by atoms with E-state index in [1.807, 2.05) is 18.7 Å². The van der Waals surface area contributed by atoms with E-state index in [1.165, 1.54) is 11.1 Å². The average Bonchev–Trinajstić information content (AvgIpc) is 3.09. The van der Waals surface area contributed by atoms with Crippen LogP contribution < -0.4 is 0 Å². The smallest absolute Gasteiger partial charge is 0.410 e. The Hall–Kier alpha value is -2.08. The third kappa shape index (κ3) is 3.70. The molecule has 3 fully saturated rings. The monoisotopic (exact) mass is 439 g/mol. The van der Waals surface area contributed by atoms with Crippen molar-refractivity contribution in [3.63, 3.8) is 0 Å². The zero-order chi connectivity index (χ0) is 22.3. The molecule has 174 valence electrons. The van der Waals surface area contributed by atoms with Crippen molar-refractivity contribution in [3.8, 4) is 0 Å². The van der Waals surface area contributed by atoms with Crippen LogP contribution in [0, 0.1) is 0 Å². The van der Waals surface area contributed by atoms with Crippen molar-refractivity contribution in [2.24, 2.45) is 0 Å². The van der Waals surface area contributed by atoms with Crippen molar-refractivity contribution in [1.82, 2.24) is 14.7 Å². The van der Waals surface area contributed by atoms with Gasteiger partial charge in [0.25, 0.3) is 0 Å². The lowest BCUT2D eigenvalue weighted by molar-refractivity contribution is -0.133. The SMILES string of the molecule is CCOC(=O)N1C2CCC1CC(N1CCC3(CC1)CN(C(=O)CC)Cc1ccccc13)C2. The molecule has 0 aromatic heterocycles. The van der Waals surface area contributed by atoms with Crippen molar-refractivity contribution in [3.05, 3.63) is 35.4 Å². The molecule has 1 aromatic carbocycles. The molecule has 4 aliphatic heterocycles. The number of likely N-dealkylation sites (tertiary alicyclic amines) is 1. The Bertz CT molecular complexity index is 850. The first-order chi connectivity index (χ1) is 15.5. The predicted octanol–water partition coefficient (Wildman–Crippen LogP) is 3.92. The summed E-state index contributed by atoms with van der Waals surface area (Å²) in [6.07, 6.45) is 7.02. The fraction of sp³-hybridized carbons (Fsp3) is 0.692. The number of rotatable bonds is 3. The summed E-state index contributed by atoms with van der Waals surface area (Å²) in [5.41, 5.74) is 2.88. The average molecular weight is 440 g/mol. The Morgan fingerprint density at radius 1 is 1.03 bits per heavy atom. The molecule has 0 aliphatic carbocycles. The molecule has 3 saturated heterocycles. The number of benzene rings is 1. The van der Waals surface area contributed by atoms with Crippen LogP contribution >= 0.6 is 0 Å². The van der Waals surface area contributed by atoms with Gasteiger partial charge in [0.1, 0.15) is 0 Å². The van der Waals surface area contributed by atoms with Gasteiger partial charge in [-0.1, -0.05) is 31.2 Å². The first-order valence-corrected chi connectivity index (χ1v) is 12.6. The summed E-state index contributed by atoms with van der Waals surface area (Å²) in [6.45, 7) is 8.06. The van der Waals surface area contributed by atoms with Gasteiger partial charge < -0.3 is 19.4 Å². The lowest BCUT2D eigenvalue weighted by atomic mass is 9.68. The minimum atomic E-state index is -0.115. The van der Waals surface area contributed by atoms with Crippen LogP contribution in [0.5, 0.6) is 0 Å². The standard InChI is InChI=1S/C26H37N3O3/c1-3-24(30)28-17-19-7-5-6-8-23(19)26(18-28)11-13-27(14-12-26)22-15-20-9-10-21(16-22)29(20)25(31)32-4-2/h5-8,20-22H,3-4,9-18H2,1-2H3. The number of carbonyl (C=O) groups is 2. The van der Waals surface area contributed by atoms with Crippen LogP contribution in [-0.2, 0) is 21.5 Å². The number of hydrogen-bond donors (Lipinski definition) is 0. The molecule has 2 unspecified atom stereocenters. The van der Waals surface area contributed by atoms with Crippen LogP contribution in [0.1, 0.15) is 69.9 Å². The normalized spacial score (nSPS) is 29.1. The van der Waals surface area contributed by atoms with E-state index in [-0.39, 0.29) is 17.4 Å². The second-order valence-corrected chi connectivity index (χ2v) is 10.2. The Balaban J connectivity index is 1.28. The number of fused-ring (bicyclic) bond motifs is 4. The summed E-state index contributed by atoms with van der Waals surface area (Å²) < 4.78 is 5.33. The molecule has 1 aromatic rings. The van der Waals surface area contributed by atoms with Gasteiger partial charge in [0.05, 0.1) is 6.61 Å². The molecule has 6 heteroatoms. The van der Waals surface area contributed by atoms with E-state index in [9.17, 15) is 9.59 Å². The van der Waals surface area contributed by atoms with Crippen LogP contribution in [0.4, 0.5) is 4.79 Å². The highest BCUT2D eigenvalue weighted by Crippen LogP contribution is 2.44. The third-order valence-corrected chi connectivity index (χ3v) is 8.56. The second kappa shape index (κ2) is 8.69. The Kier molecular flexibility index (Phi) is 5.91. The maximum absolute atomic E-state index is 12.6. The van der Waals surface area contributed by atoms with Crippen molar-refractivity contribution >= 4 is 12.0 Å². The Morgan fingerprint density at radius 3 is 2.38 bits per heavy atom. The van der Waals surface area contributed by atoms with Crippen LogP contribution in [0.25, 0.3) is 0 Å². The summed E-state index contributed by atoms with van der Waals surface area (Å²) in [5.74, 6) is 0.268. The van der Waals surface area contributed by atoms with Crippen molar-refractivity contribution < 1.29 is 14.3 Å². The molecule has 2 amide bonds. The lowest BCUT2D eigenvalue weighted by Crippen LogP contribution is -2.57. The van der Waals surface area contributed by atoms with E-state index < -0.39 is 0 Å². The molecule has 1 spiro atoms. The minimum Gasteiger partial charge on any atom is -0.450 e. The summed E-state index contributed by atoms with van der Waals surface area (Å²) in [5, 5.41) is 0. The summed E-state index contributed by atoms with van der Waals surface area (Å²) in [6, 6.07) is 10.0. The highest BCUT2D eigenvalue weighted by molar-refractivity contribution is 5.76. The van der Waals surface area contributed by atoms with Gasteiger partial charge >= 0.3 is 6.09 Å². The molecule has 2 atom stereocenters. The first-order valence-electron chi connectivity index (χ1n) is 12.6. The van der Waals surface area contributed by atoms with Gasteiger partial charge in [-0.15, -0.1) is 0 Å². The Morgan fingerprint density at radius 2 is 1.72 bits per heavy atom. The minimum absolute atomic E-state index is 0.0841. The van der Waals surface area contributed by atoms with E-state index in [4.69, 9.17) is 4.74 Å². The molecule has 0 N–H and O–H groups in total. The van der Waals surface area contributed by atoms with Gasteiger partial charge in [0, 0.05) is 43.1 Å². The number of piperidine rings is 2. The van der Waals surface area contributed by atoms with Gasteiger partial charge in [-0.2, -0.15) is 0 Å². The van der Waals surface area contributed by atoms with E-state index in [2.05, 4.69) is 34.1 Å². The van der Waals surface area contributed by atoms with Gasteiger partial charge in [-0.25, -0.2) is 4.79 Å². The number of carbonyl (C=O) groups excluding carboxylic acids is 2. The largest absolute Gasteiger partial charge is 0.450 e. The highest BCUT2D eigenvalue weighted by Gasteiger charge is 2.48. The fourth-order valence-corrected chi connectivity index (χ4v) is 6.97. The number of hydrogen-bond acceptors (Lipinski definition) is 4. The van der Waals surface area contributed by atoms with E-state index in [0.717, 1.165) is 64.7 Å².